The zero-order chi connectivity index (χ0) is 18.6. The summed E-state index contributed by atoms with van der Waals surface area (Å²) in [6.45, 7) is 0. The van der Waals surface area contributed by atoms with Crippen LogP contribution in [0.5, 0.6) is 5.75 Å². The smallest absolute Gasteiger partial charge is 0.284 e. The molecule has 0 amide bonds. The lowest BCUT2D eigenvalue weighted by atomic mass is 10.2. The minimum absolute atomic E-state index is 0.0355. The van der Waals surface area contributed by atoms with E-state index in [9.17, 15) is 13.5 Å². The quantitative estimate of drug-likeness (QED) is 0.549. The van der Waals surface area contributed by atoms with Gasteiger partial charge in [0.15, 0.2) is 5.84 Å². The number of sulfonamides is 1. The van der Waals surface area contributed by atoms with Crippen LogP contribution in [0.1, 0.15) is 5.56 Å². The summed E-state index contributed by atoms with van der Waals surface area (Å²) >= 11 is 5.86. The number of nitrogens with zero attached hydrogens (tertiary/aromatic N) is 1. The molecule has 26 heavy (non-hydrogen) atoms. The van der Waals surface area contributed by atoms with Gasteiger partial charge in [0.05, 0.1) is 4.90 Å². The molecule has 5 nitrogen and oxygen atoms in total. The lowest BCUT2D eigenvalue weighted by molar-refractivity contribution is -0.268. The van der Waals surface area contributed by atoms with Crippen molar-refractivity contribution < 1.29 is 13.5 Å². The predicted octanol–water partition coefficient (Wildman–Crippen LogP) is 3.66. The van der Waals surface area contributed by atoms with Crippen LogP contribution in [0.2, 0.25) is 5.02 Å². The van der Waals surface area contributed by atoms with Crippen LogP contribution in [0.25, 0.3) is 0 Å². The zero-order valence-electron chi connectivity index (χ0n) is 13.5. The molecule has 7 heteroatoms. The maximum Gasteiger partial charge on any atom is 0.284 e. The van der Waals surface area contributed by atoms with Crippen LogP contribution in [-0.2, 0) is 10.0 Å². The molecule has 0 bridgehead atoms. The molecular weight excluding hydrogens is 372 g/mol. The summed E-state index contributed by atoms with van der Waals surface area (Å²) in [6, 6.07) is 21.0. The highest BCUT2D eigenvalue weighted by molar-refractivity contribution is 7.90. The molecule has 3 aromatic rings. The second kappa shape index (κ2) is 7.59. The largest absolute Gasteiger partial charge is 0.871 e. The van der Waals surface area contributed by atoms with Crippen LogP contribution in [0.15, 0.2) is 88.2 Å². The summed E-state index contributed by atoms with van der Waals surface area (Å²) in [7, 11) is -3.92. The van der Waals surface area contributed by atoms with Crippen molar-refractivity contribution in [3.63, 3.8) is 0 Å². The van der Waals surface area contributed by atoms with Gasteiger partial charge >= 0.3 is 0 Å². The summed E-state index contributed by atoms with van der Waals surface area (Å²) in [5.74, 6) is -0.184. The van der Waals surface area contributed by atoms with Crippen LogP contribution in [-0.4, -0.2) is 14.3 Å². The maximum absolute atomic E-state index is 12.6. The monoisotopic (exact) mass is 385 g/mol. The first-order valence-corrected chi connectivity index (χ1v) is 9.46. The molecule has 0 fully saturated rings. The third-order valence-electron chi connectivity index (χ3n) is 3.49. The van der Waals surface area contributed by atoms with E-state index in [0.29, 0.717) is 11.3 Å². The Morgan fingerprint density at radius 1 is 0.923 bits per heavy atom. The minimum atomic E-state index is -3.92. The van der Waals surface area contributed by atoms with E-state index >= 15 is 0 Å². The number of amidine groups is 1. The summed E-state index contributed by atoms with van der Waals surface area (Å²) in [5.41, 5.74) is 1.04. The van der Waals surface area contributed by atoms with Gasteiger partial charge in [-0.25, -0.2) is 0 Å². The molecule has 0 heterocycles. The van der Waals surface area contributed by atoms with Gasteiger partial charge < -0.3 is 10.4 Å². The molecule has 0 spiro atoms. The first kappa shape index (κ1) is 18.0. The fraction of sp³-hybridized carbons (Fsp3) is 0. The van der Waals surface area contributed by atoms with E-state index in [-0.39, 0.29) is 21.5 Å². The van der Waals surface area contributed by atoms with Gasteiger partial charge in [-0.1, -0.05) is 71.9 Å². The first-order chi connectivity index (χ1) is 12.5. The van der Waals surface area contributed by atoms with Gasteiger partial charge in [-0.2, -0.15) is 8.42 Å². The van der Waals surface area contributed by atoms with E-state index < -0.39 is 10.0 Å². The third kappa shape index (κ3) is 4.22. The molecule has 0 radical (unpaired) electrons. The Kier molecular flexibility index (Phi) is 5.25. The molecule has 0 atom stereocenters. The molecule has 0 aliphatic carbocycles. The van der Waals surface area contributed by atoms with Crippen LogP contribution >= 0.6 is 11.6 Å². The first-order valence-electron chi connectivity index (χ1n) is 7.65. The normalized spacial score (nSPS) is 12.0. The lowest BCUT2D eigenvalue weighted by Crippen LogP contribution is -2.16. The zero-order valence-corrected chi connectivity index (χ0v) is 15.0. The standard InChI is InChI=1S/C19H15ClN2O3S/c20-17-13-15(11-12-18(17)23)21-19(14-7-3-1-4-8-14)22-26(24,25)16-9-5-2-6-10-16/h1-13,23H,(H,21,22)/p-1. The van der Waals surface area contributed by atoms with Crippen molar-refractivity contribution in [2.45, 2.75) is 4.90 Å². The van der Waals surface area contributed by atoms with E-state index in [0.717, 1.165) is 0 Å². The average molecular weight is 386 g/mol. The highest BCUT2D eigenvalue weighted by Crippen LogP contribution is 2.24. The predicted molar refractivity (Wildman–Crippen MR) is 101 cm³/mol. The van der Waals surface area contributed by atoms with Crippen molar-refractivity contribution in [1.82, 2.24) is 0 Å². The maximum atomic E-state index is 12.6. The van der Waals surface area contributed by atoms with E-state index in [1.165, 1.54) is 30.3 Å². The van der Waals surface area contributed by atoms with Gasteiger partial charge in [0.2, 0.25) is 0 Å². The Hall–Kier alpha value is -2.83. The number of hydrogen-bond donors (Lipinski definition) is 1. The van der Waals surface area contributed by atoms with E-state index in [1.807, 2.05) is 6.07 Å². The van der Waals surface area contributed by atoms with Gasteiger partial charge in [0.25, 0.3) is 10.0 Å². The number of anilines is 1. The van der Waals surface area contributed by atoms with E-state index in [2.05, 4.69) is 9.71 Å². The molecule has 1 N–H and O–H groups in total. The molecule has 0 aliphatic rings. The molecular formula is C19H14ClN2O3S-. The van der Waals surface area contributed by atoms with Crippen LogP contribution < -0.4 is 10.4 Å². The van der Waals surface area contributed by atoms with Gasteiger partial charge in [0.1, 0.15) is 0 Å². The highest BCUT2D eigenvalue weighted by Gasteiger charge is 2.15. The molecule has 0 saturated carbocycles. The summed E-state index contributed by atoms with van der Waals surface area (Å²) in [4.78, 5) is 0.0863. The Labute approximate surface area is 156 Å². The van der Waals surface area contributed by atoms with E-state index in [1.54, 1.807) is 42.5 Å². The van der Waals surface area contributed by atoms with Crippen LogP contribution in [0.3, 0.4) is 0 Å². The molecule has 0 aromatic heterocycles. The van der Waals surface area contributed by atoms with Crippen LogP contribution in [0.4, 0.5) is 5.69 Å². The van der Waals surface area contributed by atoms with Crippen LogP contribution in [0, 0.1) is 0 Å². The van der Waals surface area contributed by atoms with Crippen molar-refractivity contribution in [1.29, 1.82) is 0 Å². The van der Waals surface area contributed by atoms with Crippen molar-refractivity contribution >= 4 is 33.1 Å². The Bertz CT molecular complexity index is 1040. The molecule has 3 aromatic carbocycles. The number of hydrogen-bond acceptors (Lipinski definition) is 3. The second-order valence-corrected chi connectivity index (χ2v) is 7.38. The van der Waals surface area contributed by atoms with Gasteiger partial charge in [0, 0.05) is 16.3 Å². The Morgan fingerprint density at radius 3 is 2.15 bits per heavy atom. The molecule has 0 unspecified atom stereocenters. The topological polar surface area (TPSA) is 81.6 Å². The summed E-state index contributed by atoms with van der Waals surface area (Å²) < 4.78 is 29.2. The van der Waals surface area contributed by atoms with Gasteiger partial charge in [-0.15, -0.1) is 4.40 Å². The second-order valence-electron chi connectivity index (χ2n) is 5.36. The summed E-state index contributed by atoms with van der Waals surface area (Å²) in [6.07, 6.45) is 0. The highest BCUT2D eigenvalue weighted by atomic mass is 35.5. The lowest BCUT2D eigenvalue weighted by Gasteiger charge is -2.13. The Balaban J connectivity index is 2.05. The molecule has 3 rings (SSSR count). The van der Waals surface area contributed by atoms with Crippen molar-refractivity contribution in [2.24, 2.45) is 4.40 Å². The van der Waals surface area contributed by atoms with Crippen molar-refractivity contribution in [3.8, 4) is 5.75 Å². The fourth-order valence-electron chi connectivity index (χ4n) is 2.22. The number of halogens is 1. The van der Waals surface area contributed by atoms with E-state index in [4.69, 9.17) is 11.6 Å². The fourth-order valence-corrected chi connectivity index (χ4v) is 3.40. The number of rotatable bonds is 4. The van der Waals surface area contributed by atoms with Crippen molar-refractivity contribution in [3.05, 3.63) is 89.4 Å². The van der Waals surface area contributed by atoms with Crippen molar-refractivity contribution in [2.75, 3.05) is 5.32 Å². The molecule has 132 valence electrons. The summed E-state index contributed by atoms with van der Waals surface area (Å²) in [5, 5.41) is 14.4. The average Bonchev–Trinajstić information content (AvgIpc) is 2.65. The molecule has 0 aliphatic heterocycles. The van der Waals surface area contributed by atoms with Gasteiger partial charge in [-0.3, -0.25) is 0 Å². The minimum Gasteiger partial charge on any atom is -0.871 e. The number of benzene rings is 3. The molecule has 0 saturated heterocycles. The SMILES string of the molecule is O=S(=O)(N=C(Nc1ccc([O-])c(Cl)c1)c1ccccc1)c1ccccc1. The van der Waals surface area contributed by atoms with Gasteiger partial charge in [-0.05, 0) is 24.3 Å². The third-order valence-corrected chi connectivity index (χ3v) is 5.08. The number of nitrogens with one attached hydrogen (secondary N) is 1. The Morgan fingerprint density at radius 2 is 1.54 bits per heavy atom.